The van der Waals surface area contributed by atoms with Gasteiger partial charge >= 0.3 is 6.09 Å². The maximum Gasteiger partial charge on any atom is 0.408 e. The molecule has 0 saturated carbocycles. The number of hydrogen-bond acceptors (Lipinski definition) is 5. The Hall–Kier alpha value is -3.05. The monoisotopic (exact) mass is 501 g/mol. The van der Waals surface area contributed by atoms with Crippen LogP contribution in [0, 0.1) is 12.3 Å². The van der Waals surface area contributed by atoms with Crippen molar-refractivity contribution in [3.8, 4) is 12.3 Å². The summed E-state index contributed by atoms with van der Waals surface area (Å²) in [5.74, 6) is 1.63. The molecule has 2 unspecified atom stereocenters. The molecule has 0 saturated heterocycles. The van der Waals surface area contributed by atoms with Crippen LogP contribution < -0.4 is 10.6 Å². The maximum atomic E-state index is 13.7. The number of hydrogen-bond donors (Lipinski definition) is 3. The molecule has 8 nitrogen and oxygen atoms in total. The van der Waals surface area contributed by atoms with Gasteiger partial charge in [0, 0.05) is 18.2 Å². The molecule has 0 aliphatic carbocycles. The molecule has 0 aromatic heterocycles. The van der Waals surface area contributed by atoms with Crippen LogP contribution in [0.2, 0.25) is 0 Å². The fraction of sp³-hybridized carbons (Fsp3) is 0.607. The van der Waals surface area contributed by atoms with Crippen LogP contribution in [0.4, 0.5) is 4.79 Å². The van der Waals surface area contributed by atoms with Crippen molar-refractivity contribution >= 4 is 17.9 Å². The van der Waals surface area contributed by atoms with E-state index >= 15 is 0 Å². The molecule has 3 amide bonds. The van der Waals surface area contributed by atoms with E-state index in [1.54, 1.807) is 45.0 Å². The summed E-state index contributed by atoms with van der Waals surface area (Å²) in [5, 5.41) is 15.4. The molecule has 36 heavy (non-hydrogen) atoms. The Bertz CT molecular complexity index is 884. The highest BCUT2D eigenvalue weighted by Crippen LogP contribution is 2.24. The zero-order valence-corrected chi connectivity index (χ0v) is 22.6. The van der Waals surface area contributed by atoms with E-state index in [0.29, 0.717) is 17.5 Å². The zero-order chi connectivity index (χ0) is 27.3. The zero-order valence-electron chi connectivity index (χ0n) is 22.6. The summed E-state index contributed by atoms with van der Waals surface area (Å²) in [6, 6.07) is 4.51. The Morgan fingerprint density at radius 1 is 1.06 bits per heavy atom. The minimum absolute atomic E-state index is 0.153. The van der Waals surface area contributed by atoms with E-state index in [9.17, 15) is 19.5 Å². The van der Waals surface area contributed by atoms with Crippen LogP contribution in [-0.2, 0) is 14.3 Å². The molecule has 0 heterocycles. The van der Waals surface area contributed by atoms with E-state index < -0.39 is 36.3 Å². The normalized spacial score (nSPS) is 12.9. The SMILES string of the molecule is C#Cc1ccc(C(C(=O)NC(C)C)N(CCCCCCC)C(=O)C(CO)NC(=O)OC(C)(C)C)cc1. The lowest BCUT2D eigenvalue weighted by Gasteiger charge is -2.34. The largest absolute Gasteiger partial charge is 0.444 e. The van der Waals surface area contributed by atoms with Gasteiger partial charge < -0.3 is 25.4 Å². The second-order valence-electron chi connectivity index (χ2n) is 10.2. The average molecular weight is 502 g/mol. The Balaban J connectivity index is 3.36. The van der Waals surface area contributed by atoms with Gasteiger partial charge in [0.15, 0.2) is 0 Å². The van der Waals surface area contributed by atoms with Crippen LogP contribution in [0.25, 0.3) is 0 Å². The van der Waals surface area contributed by atoms with E-state index in [2.05, 4.69) is 23.5 Å². The van der Waals surface area contributed by atoms with Crippen LogP contribution >= 0.6 is 0 Å². The van der Waals surface area contributed by atoms with Crippen LogP contribution in [0.5, 0.6) is 0 Å². The van der Waals surface area contributed by atoms with Crippen LogP contribution in [0.3, 0.4) is 0 Å². The third-order valence-electron chi connectivity index (χ3n) is 5.34. The van der Waals surface area contributed by atoms with Gasteiger partial charge in [0.25, 0.3) is 0 Å². The summed E-state index contributed by atoms with van der Waals surface area (Å²) in [7, 11) is 0. The van der Waals surface area contributed by atoms with E-state index in [1.165, 1.54) is 4.90 Å². The van der Waals surface area contributed by atoms with Crippen molar-refractivity contribution in [1.82, 2.24) is 15.5 Å². The number of nitrogens with zero attached hydrogens (tertiary/aromatic N) is 1. The predicted molar refractivity (Wildman–Crippen MR) is 141 cm³/mol. The molecule has 2 atom stereocenters. The van der Waals surface area contributed by atoms with Gasteiger partial charge in [-0.1, -0.05) is 50.7 Å². The van der Waals surface area contributed by atoms with Crippen molar-refractivity contribution in [1.29, 1.82) is 0 Å². The van der Waals surface area contributed by atoms with E-state index in [0.717, 1.165) is 25.7 Å². The number of amides is 3. The number of unbranched alkanes of at least 4 members (excludes halogenated alkanes) is 4. The summed E-state index contributed by atoms with van der Waals surface area (Å²) in [4.78, 5) is 40.9. The quantitative estimate of drug-likeness (QED) is 0.280. The number of ether oxygens (including phenoxy) is 1. The van der Waals surface area contributed by atoms with Gasteiger partial charge in [-0.25, -0.2) is 4.79 Å². The first kappa shape index (κ1) is 31.0. The molecule has 0 aliphatic heterocycles. The van der Waals surface area contributed by atoms with Crippen molar-refractivity contribution in [2.75, 3.05) is 13.2 Å². The summed E-state index contributed by atoms with van der Waals surface area (Å²) in [6.07, 6.45) is 9.40. The summed E-state index contributed by atoms with van der Waals surface area (Å²) < 4.78 is 5.27. The van der Waals surface area contributed by atoms with Crippen molar-refractivity contribution in [3.05, 3.63) is 35.4 Å². The predicted octanol–water partition coefficient (Wildman–Crippen LogP) is 3.92. The molecule has 1 aromatic carbocycles. The van der Waals surface area contributed by atoms with Crippen molar-refractivity contribution in [2.45, 2.75) is 97.4 Å². The Morgan fingerprint density at radius 2 is 1.67 bits per heavy atom. The highest BCUT2D eigenvalue weighted by molar-refractivity contribution is 5.92. The van der Waals surface area contributed by atoms with E-state index in [4.69, 9.17) is 11.2 Å². The number of benzene rings is 1. The molecule has 1 aromatic rings. The molecule has 200 valence electrons. The van der Waals surface area contributed by atoms with Crippen LogP contribution in [0.15, 0.2) is 24.3 Å². The minimum atomic E-state index is -1.27. The lowest BCUT2D eigenvalue weighted by molar-refractivity contribution is -0.143. The number of aliphatic hydroxyl groups excluding tert-OH is 1. The second kappa shape index (κ2) is 15.1. The Morgan fingerprint density at radius 3 is 2.17 bits per heavy atom. The second-order valence-corrected chi connectivity index (χ2v) is 10.2. The van der Waals surface area contributed by atoms with E-state index in [-0.39, 0.29) is 18.5 Å². The third kappa shape index (κ3) is 10.7. The van der Waals surface area contributed by atoms with Gasteiger partial charge in [-0.15, -0.1) is 6.42 Å². The number of terminal acetylenes is 1. The number of nitrogens with one attached hydrogen (secondary N) is 2. The summed E-state index contributed by atoms with van der Waals surface area (Å²) >= 11 is 0. The average Bonchev–Trinajstić information content (AvgIpc) is 2.79. The third-order valence-corrected chi connectivity index (χ3v) is 5.34. The fourth-order valence-electron chi connectivity index (χ4n) is 3.69. The molecule has 8 heteroatoms. The molecular weight excluding hydrogens is 458 g/mol. The molecule has 0 radical (unpaired) electrons. The van der Waals surface area contributed by atoms with Gasteiger partial charge in [-0.05, 0) is 58.7 Å². The highest BCUT2D eigenvalue weighted by Gasteiger charge is 2.36. The van der Waals surface area contributed by atoms with Gasteiger partial charge in [0.1, 0.15) is 17.7 Å². The van der Waals surface area contributed by atoms with Crippen molar-refractivity contribution in [3.63, 3.8) is 0 Å². The number of carbonyl (C=O) groups is 3. The lowest BCUT2D eigenvalue weighted by Crippen LogP contribution is -2.55. The highest BCUT2D eigenvalue weighted by atomic mass is 16.6. The van der Waals surface area contributed by atoms with Crippen molar-refractivity contribution < 1.29 is 24.2 Å². The standard InChI is InChI=1S/C28H43N3O5/c1-8-10-11-12-13-18-31(26(34)23(19-32)30-27(35)36-28(5,6)7)24(25(33)29-20(3)4)22-16-14-21(9-2)15-17-22/h2,14-17,20,23-24,32H,8,10-13,18-19H2,1,3-7H3,(H,29,33)(H,30,35). The first-order valence-corrected chi connectivity index (χ1v) is 12.7. The van der Waals surface area contributed by atoms with Crippen LogP contribution in [0.1, 0.15) is 90.8 Å². The fourth-order valence-corrected chi connectivity index (χ4v) is 3.69. The smallest absolute Gasteiger partial charge is 0.408 e. The molecular formula is C28H43N3O5. The number of rotatable bonds is 13. The minimum Gasteiger partial charge on any atom is -0.444 e. The van der Waals surface area contributed by atoms with Gasteiger partial charge in [-0.2, -0.15) is 0 Å². The lowest BCUT2D eigenvalue weighted by atomic mass is 10.0. The topological polar surface area (TPSA) is 108 Å². The number of alkyl carbamates (subject to hydrolysis) is 1. The van der Waals surface area contributed by atoms with E-state index in [1.807, 2.05) is 13.8 Å². The first-order valence-electron chi connectivity index (χ1n) is 12.7. The van der Waals surface area contributed by atoms with Crippen LogP contribution in [-0.4, -0.2) is 58.8 Å². The molecule has 0 fully saturated rings. The maximum absolute atomic E-state index is 13.7. The molecule has 1 rings (SSSR count). The number of aliphatic hydroxyl groups is 1. The summed E-state index contributed by atoms with van der Waals surface area (Å²) in [5.41, 5.74) is 0.465. The summed E-state index contributed by atoms with van der Waals surface area (Å²) in [6.45, 7) is 10.6. The number of carbonyl (C=O) groups excluding carboxylic acids is 3. The molecule has 0 aliphatic rings. The van der Waals surface area contributed by atoms with Gasteiger partial charge in [-0.3, -0.25) is 9.59 Å². The Kier molecular flexibility index (Phi) is 13.0. The van der Waals surface area contributed by atoms with Gasteiger partial charge in [0.2, 0.25) is 11.8 Å². The van der Waals surface area contributed by atoms with Gasteiger partial charge in [0.05, 0.1) is 6.61 Å². The molecule has 0 spiro atoms. The molecule has 0 bridgehead atoms. The first-order chi connectivity index (χ1) is 16.9. The Labute approximate surface area is 216 Å². The van der Waals surface area contributed by atoms with Crippen molar-refractivity contribution in [2.24, 2.45) is 0 Å². The molecule has 3 N–H and O–H groups in total.